The van der Waals surface area contributed by atoms with E-state index in [-0.39, 0.29) is 6.54 Å². The Balaban J connectivity index is 2.74. The highest BCUT2D eigenvalue weighted by molar-refractivity contribution is 5.68. The number of amides is 1. The average Bonchev–Trinajstić information content (AvgIpc) is 1.93. The number of nitrogens with zero attached hydrogens (tertiary/aromatic N) is 1. The number of piperidine rings is 1. The number of aliphatic hydroxyl groups is 1. The second-order valence-corrected chi connectivity index (χ2v) is 5.87. The number of alkyl halides is 2. The standard InChI is InChI=1S/C11H19F2NO3/c1-9(2,3)17-8(15)14-6-10(4,16)5-11(12,13)7-14/h16H,5-7H2,1-4H3. The van der Waals surface area contributed by atoms with E-state index in [1.807, 2.05) is 0 Å². The summed E-state index contributed by atoms with van der Waals surface area (Å²) < 4.78 is 31.7. The Bertz CT molecular complexity index is 294. The molecule has 1 heterocycles. The van der Waals surface area contributed by atoms with E-state index in [1.165, 1.54) is 6.92 Å². The summed E-state index contributed by atoms with van der Waals surface area (Å²) in [5, 5.41) is 9.70. The molecular weight excluding hydrogens is 232 g/mol. The van der Waals surface area contributed by atoms with Gasteiger partial charge in [0.2, 0.25) is 0 Å². The molecule has 0 bridgehead atoms. The van der Waals surface area contributed by atoms with Crippen molar-refractivity contribution < 1.29 is 23.4 Å². The van der Waals surface area contributed by atoms with Gasteiger partial charge in [0.05, 0.1) is 18.7 Å². The van der Waals surface area contributed by atoms with Gasteiger partial charge >= 0.3 is 6.09 Å². The van der Waals surface area contributed by atoms with E-state index >= 15 is 0 Å². The summed E-state index contributed by atoms with van der Waals surface area (Å²) in [6.45, 7) is 5.41. The van der Waals surface area contributed by atoms with Crippen molar-refractivity contribution >= 4 is 6.09 Å². The van der Waals surface area contributed by atoms with Gasteiger partial charge in [0.15, 0.2) is 0 Å². The number of likely N-dealkylation sites (tertiary alicyclic amines) is 1. The zero-order chi connectivity index (χ0) is 13.5. The lowest BCUT2D eigenvalue weighted by Gasteiger charge is -2.41. The molecule has 0 radical (unpaired) electrons. The van der Waals surface area contributed by atoms with Gasteiger partial charge in [0, 0.05) is 6.42 Å². The molecule has 1 aliphatic rings. The van der Waals surface area contributed by atoms with Crippen LogP contribution in [0.2, 0.25) is 0 Å². The van der Waals surface area contributed by atoms with E-state index in [9.17, 15) is 18.7 Å². The Morgan fingerprint density at radius 3 is 2.29 bits per heavy atom. The first-order valence-electron chi connectivity index (χ1n) is 5.48. The summed E-state index contributed by atoms with van der Waals surface area (Å²) in [7, 11) is 0. The summed E-state index contributed by atoms with van der Waals surface area (Å²) in [4.78, 5) is 12.5. The van der Waals surface area contributed by atoms with Gasteiger partial charge in [-0.2, -0.15) is 0 Å². The molecule has 6 heteroatoms. The maximum Gasteiger partial charge on any atom is 0.410 e. The third-order valence-corrected chi connectivity index (χ3v) is 2.24. The third-order valence-electron chi connectivity index (χ3n) is 2.24. The maximum absolute atomic E-state index is 13.3. The highest BCUT2D eigenvalue weighted by atomic mass is 19.3. The van der Waals surface area contributed by atoms with Crippen LogP contribution < -0.4 is 0 Å². The first-order chi connectivity index (χ1) is 7.40. The van der Waals surface area contributed by atoms with Crippen LogP contribution >= 0.6 is 0 Å². The Labute approximate surface area is 99.5 Å². The molecule has 17 heavy (non-hydrogen) atoms. The molecule has 1 saturated heterocycles. The molecule has 0 aromatic carbocycles. The van der Waals surface area contributed by atoms with Crippen LogP contribution in [0.3, 0.4) is 0 Å². The molecule has 1 rings (SSSR count). The van der Waals surface area contributed by atoms with Gasteiger partial charge in [0.1, 0.15) is 5.60 Å². The van der Waals surface area contributed by atoms with Gasteiger partial charge < -0.3 is 9.84 Å². The van der Waals surface area contributed by atoms with Crippen molar-refractivity contribution in [2.24, 2.45) is 0 Å². The van der Waals surface area contributed by atoms with Crippen LogP contribution in [-0.4, -0.2) is 46.3 Å². The molecule has 0 saturated carbocycles. The fraction of sp³-hybridized carbons (Fsp3) is 0.909. The largest absolute Gasteiger partial charge is 0.444 e. The van der Waals surface area contributed by atoms with E-state index in [1.54, 1.807) is 20.8 Å². The Kier molecular flexibility index (Phi) is 3.40. The highest BCUT2D eigenvalue weighted by Gasteiger charge is 2.47. The summed E-state index contributed by atoms with van der Waals surface area (Å²) in [6.07, 6.45) is -1.46. The molecule has 1 N–H and O–H groups in total. The number of β-amino-alcohol motifs (C(OH)–C–C–N with tert-alkyl or cyclic N) is 1. The van der Waals surface area contributed by atoms with E-state index in [0.717, 1.165) is 4.90 Å². The van der Waals surface area contributed by atoms with Gasteiger partial charge in [-0.3, -0.25) is 4.90 Å². The van der Waals surface area contributed by atoms with Gasteiger partial charge in [-0.1, -0.05) is 0 Å². The molecule has 0 aliphatic carbocycles. The molecule has 1 atom stereocenters. The fourth-order valence-corrected chi connectivity index (χ4v) is 1.87. The van der Waals surface area contributed by atoms with Gasteiger partial charge in [-0.05, 0) is 27.7 Å². The predicted molar refractivity (Wildman–Crippen MR) is 58.0 cm³/mol. The van der Waals surface area contributed by atoms with Gasteiger partial charge in [-0.25, -0.2) is 13.6 Å². The normalized spacial score (nSPS) is 29.0. The van der Waals surface area contributed by atoms with E-state index < -0.39 is 36.2 Å². The minimum absolute atomic E-state index is 0.141. The summed E-state index contributed by atoms with van der Waals surface area (Å²) in [5.41, 5.74) is -2.33. The average molecular weight is 251 g/mol. The Morgan fingerprint density at radius 2 is 1.88 bits per heavy atom. The molecule has 1 fully saturated rings. The summed E-state index contributed by atoms with van der Waals surface area (Å²) in [6, 6.07) is 0. The molecule has 1 unspecified atom stereocenters. The van der Waals surface area contributed by atoms with E-state index in [4.69, 9.17) is 4.74 Å². The monoisotopic (exact) mass is 251 g/mol. The van der Waals surface area contributed by atoms with Gasteiger partial charge in [-0.15, -0.1) is 0 Å². The van der Waals surface area contributed by atoms with Crippen molar-refractivity contribution in [1.82, 2.24) is 4.90 Å². The zero-order valence-corrected chi connectivity index (χ0v) is 10.6. The van der Waals surface area contributed by atoms with E-state index in [2.05, 4.69) is 0 Å². The summed E-state index contributed by atoms with van der Waals surface area (Å²) >= 11 is 0. The number of carbonyl (C=O) groups is 1. The number of rotatable bonds is 0. The number of carbonyl (C=O) groups excluding carboxylic acids is 1. The Morgan fingerprint density at radius 1 is 1.35 bits per heavy atom. The second kappa shape index (κ2) is 4.08. The minimum atomic E-state index is -3.08. The van der Waals surface area contributed by atoms with Crippen LogP contribution in [0.1, 0.15) is 34.1 Å². The molecular formula is C11H19F2NO3. The molecule has 0 spiro atoms. The van der Waals surface area contributed by atoms with Crippen LogP contribution in [-0.2, 0) is 4.74 Å². The van der Waals surface area contributed by atoms with Crippen LogP contribution in [0.5, 0.6) is 0 Å². The third kappa shape index (κ3) is 4.46. The maximum atomic E-state index is 13.3. The quantitative estimate of drug-likeness (QED) is 0.716. The molecule has 100 valence electrons. The lowest BCUT2D eigenvalue weighted by atomic mass is 9.93. The lowest BCUT2D eigenvalue weighted by Crippen LogP contribution is -2.57. The second-order valence-electron chi connectivity index (χ2n) is 5.87. The van der Waals surface area contributed by atoms with Crippen LogP contribution in [0, 0.1) is 0 Å². The lowest BCUT2D eigenvalue weighted by molar-refractivity contribution is -0.142. The van der Waals surface area contributed by atoms with E-state index in [0.29, 0.717) is 0 Å². The molecule has 0 aromatic rings. The molecule has 1 aliphatic heterocycles. The minimum Gasteiger partial charge on any atom is -0.444 e. The number of hydrogen-bond acceptors (Lipinski definition) is 3. The molecule has 0 aromatic heterocycles. The van der Waals surface area contributed by atoms with Crippen molar-refractivity contribution in [3.05, 3.63) is 0 Å². The van der Waals surface area contributed by atoms with Crippen LogP contribution in [0.15, 0.2) is 0 Å². The van der Waals surface area contributed by atoms with Crippen molar-refractivity contribution in [3.8, 4) is 0 Å². The number of hydrogen-bond donors (Lipinski definition) is 1. The zero-order valence-electron chi connectivity index (χ0n) is 10.6. The summed E-state index contributed by atoms with van der Waals surface area (Å²) in [5.74, 6) is -3.08. The number of ether oxygens (including phenoxy) is 1. The number of halogens is 2. The Hall–Kier alpha value is -0.910. The van der Waals surface area contributed by atoms with Crippen molar-refractivity contribution in [2.75, 3.05) is 13.1 Å². The van der Waals surface area contributed by atoms with Crippen molar-refractivity contribution in [2.45, 2.75) is 51.2 Å². The SMILES string of the molecule is CC1(O)CN(C(=O)OC(C)(C)C)CC(F)(F)C1. The first-order valence-corrected chi connectivity index (χ1v) is 5.48. The molecule has 4 nitrogen and oxygen atoms in total. The van der Waals surface area contributed by atoms with Crippen LogP contribution in [0.4, 0.5) is 13.6 Å². The first kappa shape index (κ1) is 14.2. The fourth-order valence-electron chi connectivity index (χ4n) is 1.87. The van der Waals surface area contributed by atoms with Crippen LogP contribution in [0.25, 0.3) is 0 Å². The van der Waals surface area contributed by atoms with Crippen molar-refractivity contribution in [1.29, 1.82) is 0 Å². The highest BCUT2D eigenvalue weighted by Crippen LogP contribution is 2.33. The smallest absolute Gasteiger partial charge is 0.410 e. The van der Waals surface area contributed by atoms with Crippen molar-refractivity contribution in [3.63, 3.8) is 0 Å². The topological polar surface area (TPSA) is 49.8 Å². The van der Waals surface area contributed by atoms with Gasteiger partial charge in [0.25, 0.3) is 5.92 Å². The molecule has 1 amide bonds. The predicted octanol–water partition coefficient (Wildman–Crippen LogP) is 2.01.